The van der Waals surface area contributed by atoms with Gasteiger partial charge in [-0.1, -0.05) is 79.8 Å². The summed E-state index contributed by atoms with van der Waals surface area (Å²) in [4.78, 5) is 20.8. The minimum absolute atomic E-state index is 0.0558. The minimum atomic E-state index is -4.24. The molecule has 0 heterocycles. The molecule has 2 atom stereocenters. The molecule has 0 radical (unpaired) electrons. The van der Waals surface area contributed by atoms with Crippen molar-refractivity contribution in [2.75, 3.05) is 33.0 Å². The molecule has 8 nitrogen and oxygen atoms in total. The molecule has 2 unspecified atom stereocenters. The van der Waals surface area contributed by atoms with Crippen LogP contribution in [0.3, 0.4) is 0 Å². The van der Waals surface area contributed by atoms with E-state index in [0.29, 0.717) is 6.61 Å². The van der Waals surface area contributed by atoms with Gasteiger partial charge in [0.2, 0.25) is 0 Å². The first-order valence-corrected chi connectivity index (χ1v) is 14.9. The number of carbonyl (C=O) groups excluding carboxylic acids is 1. The van der Waals surface area contributed by atoms with Crippen LogP contribution in [-0.2, 0) is 27.9 Å². The molecule has 0 amide bonds. The number of allylic oxidation sites excluding steroid dienone is 12. The van der Waals surface area contributed by atoms with Crippen LogP contribution in [0.5, 0.6) is 0 Å². The van der Waals surface area contributed by atoms with Crippen LogP contribution in [0.15, 0.2) is 72.9 Å². The maximum atomic E-state index is 11.7. The van der Waals surface area contributed by atoms with E-state index in [1.54, 1.807) is 0 Å². The van der Waals surface area contributed by atoms with Crippen LogP contribution in [0, 0.1) is 0 Å². The van der Waals surface area contributed by atoms with E-state index in [4.69, 9.17) is 19.7 Å². The molecule has 0 aromatic carbocycles. The zero-order valence-electron chi connectivity index (χ0n) is 23.1. The zero-order chi connectivity index (χ0) is 28.2. The number of carbonyl (C=O) groups is 1. The van der Waals surface area contributed by atoms with Crippen LogP contribution >= 0.6 is 7.82 Å². The zero-order valence-corrected chi connectivity index (χ0v) is 24.0. The molecule has 0 aliphatic heterocycles. The first kappa shape index (κ1) is 35.9. The second-order valence-corrected chi connectivity index (χ2v) is 9.70. The van der Waals surface area contributed by atoms with E-state index in [1.165, 1.54) is 6.92 Å². The van der Waals surface area contributed by atoms with Crippen LogP contribution < -0.4 is 5.73 Å². The van der Waals surface area contributed by atoms with Crippen molar-refractivity contribution in [2.24, 2.45) is 5.73 Å². The number of nitrogens with two attached hydrogens (primary N) is 1. The Kier molecular flexibility index (Phi) is 25.1. The van der Waals surface area contributed by atoms with Crippen molar-refractivity contribution >= 4 is 13.8 Å². The Labute approximate surface area is 229 Å². The Hall–Kier alpha value is -2.06. The number of hydrogen-bond acceptors (Lipinski definition) is 7. The molecule has 0 bridgehead atoms. The highest BCUT2D eigenvalue weighted by Crippen LogP contribution is 2.43. The smallest absolute Gasteiger partial charge is 0.458 e. The molecule has 38 heavy (non-hydrogen) atoms. The first-order chi connectivity index (χ1) is 18.4. The summed E-state index contributed by atoms with van der Waals surface area (Å²) in [6.45, 7) is 3.57. The standard InChI is InChI=1S/C29H48NO7P/c1-3-4-5-6-7-8-9-10-11-12-13-14-15-16-17-18-19-20-21-22-24-34-26-29(37-28(2)31)27-36-38(32,33)35-25-23-30/h4-5,7-8,10-11,13-14,16-17,19-20,29H,3,6,9,12,15,18,21-27,30H2,1-2H3,(H,32,33)/b5-4-,8-7-,11-10-,14-13-,17-16-,20-19-. The maximum absolute atomic E-state index is 11.7. The van der Waals surface area contributed by atoms with Gasteiger partial charge < -0.3 is 20.1 Å². The van der Waals surface area contributed by atoms with E-state index in [2.05, 4.69) is 84.4 Å². The fourth-order valence-corrected chi connectivity index (χ4v) is 3.66. The van der Waals surface area contributed by atoms with Gasteiger partial charge >= 0.3 is 13.8 Å². The van der Waals surface area contributed by atoms with Gasteiger partial charge in [-0.05, 0) is 51.4 Å². The summed E-state index contributed by atoms with van der Waals surface area (Å²) in [6.07, 6.45) is 32.7. The molecule has 0 rings (SSSR count). The Morgan fingerprint density at radius 1 is 0.789 bits per heavy atom. The molecule has 9 heteroatoms. The Morgan fingerprint density at radius 3 is 1.76 bits per heavy atom. The first-order valence-electron chi connectivity index (χ1n) is 13.4. The van der Waals surface area contributed by atoms with E-state index < -0.39 is 19.9 Å². The molecule has 0 saturated heterocycles. The van der Waals surface area contributed by atoms with Crippen molar-refractivity contribution in [3.8, 4) is 0 Å². The summed E-state index contributed by atoms with van der Waals surface area (Å²) in [5.74, 6) is -0.532. The van der Waals surface area contributed by atoms with Crippen LogP contribution in [0.25, 0.3) is 0 Å². The van der Waals surface area contributed by atoms with Crippen molar-refractivity contribution in [1.82, 2.24) is 0 Å². The number of phosphoric acid groups is 1. The summed E-state index contributed by atoms with van der Waals surface area (Å²) in [6, 6.07) is 0. The van der Waals surface area contributed by atoms with E-state index in [-0.39, 0.29) is 26.4 Å². The number of hydrogen-bond donors (Lipinski definition) is 2. The molecule has 3 N–H and O–H groups in total. The summed E-state index contributed by atoms with van der Waals surface area (Å²) >= 11 is 0. The van der Waals surface area contributed by atoms with Crippen molar-refractivity contribution in [3.05, 3.63) is 72.9 Å². The van der Waals surface area contributed by atoms with Crippen molar-refractivity contribution in [1.29, 1.82) is 0 Å². The molecular weight excluding hydrogens is 505 g/mol. The Morgan fingerprint density at radius 2 is 1.29 bits per heavy atom. The predicted molar refractivity (Wildman–Crippen MR) is 155 cm³/mol. The van der Waals surface area contributed by atoms with Gasteiger partial charge in [0.15, 0.2) is 0 Å². The SMILES string of the molecule is CC/C=C\C/C=C\C/C=C\C/C=C\C/C=C\C/C=C\CCCOCC(COP(=O)(O)OCCN)OC(C)=O. The summed E-state index contributed by atoms with van der Waals surface area (Å²) in [5, 5.41) is 0. The topological polar surface area (TPSA) is 117 Å². The van der Waals surface area contributed by atoms with Gasteiger partial charge in [0.25, 0.3) is 0 Å². The van der Waals surface area contributed by atoms with Gasteiger partial charge in [0.1, 0.15) is 6.10 Å². The number of rotatable bonds is 24. The maximum Gasteiger partial charge on any atom is 0.472 e. The lowest BCUT2D eigenvalue weighted by atomic mass is 10.2. The molecule has 0 aliphatic rings. The lowest BCUT2D eigenvalue weighted by Crippen LogP contribution is -2.27. The van der Waals surface area contributed by atoms with Crippen LogP contribution in [0.2, 0.25) is 0 Å². The van der Waals surface area contributed by atoms with E-state index >= 15 is 0 Å². The summed E-state index contributed by atoms with van der Waals surface area (Å²) < 4.78 is 31.8. The van der Waals surface area contributed by atoms with Gasteiger partial charge in [-0.25, -0.2) is 4.57 Å². The van der Waals surface area contributed by atoms with E-state index in [1.807, 2.05) is 0 Å². The number of unbranched alkanes of at least 4 members (excludes halogenated alkanes) is 1. The lowest BCUT2D eigenvalue weighted by molar-refractivity contribution is -0.151. The third-order valence-corrected chi connectivity index (χ3v) is 5.67. The predicted octanol–water partition coefficient (Wildman–Crippen LogP) is 6.50. The minimum Gasteiger partial charge on any atom is -0.458 e. The third kappa shape index (κ3) is 27.0. The second-order valence-electron chi connectivity index (χ2n) is 8.25. The van der Waals surface area contributed by atoms with Crippen LogP contribution in [0.4, 0.5) is 0 Å². The highest BCUT2D eigenvalue weighted by molar-refractivity contribution is 7.47. The Bertz CT molecular complexity index is 803. The fourth-order valence-electron chi connectivity index (χ4n) is 2.89. The third-order valence-electron chi connectivity index (χ3n) is 4.69. The molecule has 216 valence electrons. The molecule has 0 spiro atoms. The molecule has 0 fully saturated rings. The molecule has 0 aromatic heterocycles. The van der Waals surface area contributed by atoms with Gasteiger partial charge in [-0.15, -0.1) is 0 Å². The highest BCUT2D eigenvalue weighted by Gasteiger charge is 2.24. The van der Waals surface area contributed by atoms with Gasteiger partial charge in [0, 0.05) is 20.1 Å². The summed E-state index contributed by atoms with van der Waals surface area (Å²) in [5.41, 5.74) is 5.23. The average molecular weight is 554 g/mol. The number of phosphoric ester groups is 1. The molecule has 0 saturated carbocycles. The van der Waals surface area contributed by atoms with E-state index in [9.17, 15) is 14.3 Å². The van der Waals surface area contributed by atoms with Gasteiger partial charge in [0.05, 0.1) is 19.8 Å². The van der Waals surface area contributed by atoms with Crippen LogP contribution in [0.1, 0.15) is 65.2 Å². The van der Waals surface area contributed by atoms with Crippen molar-refractivity contribution in [2.45, 2.75) is 71.3 Å². The van der Waals surface area contributed by atoms with Gasteiger partial charge in [-0.3, -0.25) is 13.8 Å². The molecule has 0 aromatic rings. The van der Waals surface area contributed by atoms with E-state index in [0.717, 1.165) is 51.4 Å². The lowest BCUT2D eigenvalue weighted by Gasteiger charge is -2.19. The quantitative estimate of drug-likeness (QED) is 0.0602. The molecular formula is C29H48NO7P. The van der Waals surface area contributed by atoms with Gasteiger partial charge in [-0.2, -0.15) is 0 Å². The average Bonchev–Trinajstić information content (AvgIpc) is 2.88. The second kappa shape index (κ2) is 26.5. The highest BCUT2D eigenvalue weighted by atomic mass is 31.2. The Balaban J connectivity index is 3.85. The van der Waals surface area contributed by atoms with Crippen LogP contribution in [-0.4, -0.2) is 49.9 Å². The number of esters is 1. The normalized spacial score (nSPS) is 15.2. The summed E-state index contributed by atoms with van der Waals surface area (Å²) in [7, 11) is -4.24. The van der Waals surface area contributed by atoms with Crippen molar-refractivity contribution in [3.63, 3.8) is 0 Å². The molecule has 0 aliphatic carbocycles. The largest absolute Gasteiger partial charge is 0.472 e. The monoisotopic (exact) mass is 553 g/mol. The fraction of sp³-hybridized carbons (Fsp3) is 0.552. The van der Waals surface area contributed by atoms with Crippen molar-refractivity contribution < 1.29 is 32.8 Å². The number of ether oxygens (including phenoxy) is 2.